The Kier molecular flexibility index (Phi) is 4.71. The fraction of sp³-hybridized carbons (Fsp3) is 0.500. The maximum atomic E-state index is 12.4. The molecule has 0 unspecified atom stereocenters. The van der Waals surface area contributed by atoms with Crippen molar-refractivity contribution in [3.05, 3.63) is 42.5 Å². The Labute approximate surface area is 127 Å². The van der Waals surface area contributed by atoms with Crippen molar-refractivity contribution in [1.29, 1.82) is 0 Å². The van der Waals surface area contributed by atoms with Gasteiger partial charge in [-0.15, -0.1) is 0 Å². The van der Waals surface area contributed by atoms with Gasteiger partial charge in [0.1, 0.15) is 5.60 Å². The third-order valence-corrected chi connectivity index (χ3v) is 3.68. The zero-order chi connectivity index (χ0) is 15.5. The zero-order valence-corrected chi connectivity index (χ0v) is 13.3. The molecule has 1 saturated heterocycles. The molecule has 0 saturated carbocycles. The number of piperidine rings is 1. The minimum atomic E-state index is -0.465. The lowest BCUT2D eigenvalue weighted by Crippen LogP contribution is -2.46. The Morgan fingerprint density at radius 1 is 1.24 bits per heavy atom. The normalized spacial score (nSPS) is 19.2. The second-order valence-electron chi connectivity index (χ2n) is 6.58. The topological polar surface area (TPSA) is 29.5 Å². The molecular weight excluding hydrogens is 262 g/mol. The van der Waals surface area contributed by atoms with E-state index in [4.69, 9.17) is 4.74 Å². The minimum Gasteiger partial charge on any atom is -0.444 e. The predicted octanol–water partition coefficient (Wildman–Crippen LogP) is 4.49. The van der Waals surface area contributed by atoms with Crippen molar-refractivity contribution in [2.24, 2.45) is 0 Å². The highest BCUT2D eigenvalue weighted by atomic mass is 16.6. The average molecular weight is 287 g/mol. The highest BCUT2D eigenvalue weighted by molar-refractivity contribution is 5.75. The van der Waals surface area contributed by atoms with E-state index >= 15 is 0 Å². The molecule has 2 rings (SSSR count). The number of likely N-dealkylation sites (tertiary alicyclic amines) is 1. The van der Waals surface area contributed by atoms with Gasteiger partial charge >= 0.3 is 6.09 Å². The first kappa shape index (κ1) is 15.6. The number of carbonyl (C=O) groups is 1. The first-order chi connectivity index (χ1) is 9.88. The Bertz CT molecular complexity index is 502. The van der Waals surface area contributed by atoms with Gasteiger partial charge in [0.2, 0.25) is 0 Å². The second kappa shape index (κ2) is 6.33. The molecule has 0 aliphatic carbocycles. The van der Waals surface area contributed by atoms with Crippen molar-refractivity contribution in [2.45, 2.75) is 51.7 Å². The second-order valence-corrected chi connectivity index (χ2v) is 6.58. The number of ether oxygens (including phenoxy) is 1. The third-order valence-electron chi connectivity index (χ3n) is 3.68. The van der Waals surface area contributed by atoms with E-state index in [1.165, 1.54) is 0 Å². The van der Waals surface area contributed by atoms with E-state index < -0.39 is 5.60 Å². The van der Waals surface area contributed by atoms with E-state index in [9.17, 15) is 4.79 Å². The monoisotopic (exact) mass is 287 g/mol. The number of amides is 1. The fourth-order valence-electron chi connectivity index (χ4n) is 2.68. The van der Waals surface area contributed by atoms with Crippen LogP contribution in [0.2, 0.25) is 0 Å². The van der Waals surface area contributed by atoms with E-state index in [1.54, 1.807) is 0 Å². The van der Waals surface area contributed by atoms with E-state index in [2.05, 4.69) is 6.58 Å². The van der Waals surface area contributed by atoms with Crippen LogP contribution >= 0.6 is 0 Å². The molecule has 1 aliphatic heterocycles. The van der Waals surface area contributed by atoms with Gasteiger partial charge in [-0.25, -0.2) is 4.79 Å². The lowest BCUT2D eigenvalue weighted by atomic mass is 9.92. The molecule has 0 aromatic heterocycles. The number of benzene rings is 1. The van der Waals surface area contributed by atoms with Gasteiger partial charge in [-0.1, -0.05) is 36.9 Å². The first-order valence-corrected chi connectivity index (χ1v) is 7.62. The fourth-order valence-corrected chi connectivity index (χ4v) is 2.68. The maximum Gasteiger partial charge on any atom is 0.410 e. The molecule has 1 heterocycles. The number of rotatable bonds is 2. The van der Waals surface area contributed by atoms with Gasteiger partial charge in [0.25, 0.3) is 0 Å². The summed E-state index contributed by atoms with van der Waals surface area (Å²) in [4.78, 5) is 14.3. The molecule has 1 aromatic carbocycles. The summed E-state index contributed by atoms with van der Waals surface area (Å²) in [6.45, 7) is 10.7. The summed E-state index contributed by atoms with van der Waals surface area (Å²) < 4.78 is 5.54. The molecule has 114 valence electrons. The quantitative estimate of drug-likeness (QED) is 0.802. The van der Waals surface area contributed by atoms with Crippen LogP contribution in [0.4, 0.5) is 4.79 Å². The molecule has 1 aliphatic rings. The van der Waals surface area contributed by atoms with Crippen molar-refractivity contribution in [2.75, 3.05) is 6.54 Å². The number of hydrogen-bond donors (Lipinski definition) is 0. The third kappa shape index (κ3) is 4.10. The van der Waals surface area contributed by atoms with Crippen molar-refractivity contribution in [1.82, 2.24) is 4.90 Å². The van der Waals surface area contributed by atoms with Crippen LogP contribution in [0.15, 0.2) is 36.9 Å². The summed E-state index contributed by atoms with van der Waals surface area (Å²) in [5.41, 5.74) is 1.63. The molecule has 1 atom stereocenters. The van der Waals surface area contributed by atoms with Crippen LogP contribution in [0.25, 0.3) is 5.57 Å². The van der Waals surface area contributed by atoms with E-state index in [0.29, 0.717) is 0 Å². The molecule has 3 nitrogen and oxygen atoms in total. The van der Waals surface area contributed by atoms with Crippen molar-refractivity contribution >= 4 is 11.7 Å². The maximum absolute atomic E-state index is 12.4. The largest absolute Gasteiger partial charge is 0.444 e. The Morgan fingerprint density at radius 3 is 2.52 bits per heavy atom. The van der Waals surface area contributed by atoms with Crippen LogP contribution in [0, 0.1) is 0 Å². The van der Waals surface area contributed by atoms with Crippen LogP contribution < -0.4 is 0 Å². The SMILES string of the molecule is C=C(c1ccccc1)[C@H]1CCCCN1C(=O)OC(C)(C)C. The molecule has 1 fully saturated rings. The Hall–Kier alpha value is -1.77. The van der Waals surface area contributed by atoms with E-state index in [-0.39, 0.29) is 12.1 Å². The van der Waals surface area contributed by atoms with E-state index in [1.807, 2.05) is 56.0 Å². The smallest absolute Gasteiger partial charge is 0.410 e. The lowest BCUT2D eigenvalue weighted by molar-refractivity contribution is 0.0159. The van der Waals surface area contributed by atoms with Crippen LogP contribution in [0.3, 0.4) is 0 Å². The van der Waals surface area contributed by atoms with Gasteiger partial charge in [-0.3, -0.25) is 0 Å². The molecular formula is C18H25NO2. The van der Waals surface area contributed by atoms with Crippen LogP contribution in [0.5, 0.6) is 0 Å². The molecule has 21 heavy (non-hydrogen) atoms. The lowest BCUT2D eigenvalue weighted by Gasteiger charge is -2.37. The molecule has 0 bridgehead atoms. The molecule has 0 spiro atoms. The number of hydrogen-bond acceptors (Lipinski definition) is 2. The van der Waals surface area contributed by atoms with Crippen molar-refractivity contribution < 1.29 is 9.53 Å². The highest BCUT2D eigenvalue weighted by Gasteiger charge is 2.32. The van der Waals surface area contributed by atoms with Gasteiger partial charge in [0, 0.05) is 6.54 Å². The molecule has 1 amide bonds. The standard InChI is InChI=1S/C18H25NO2/c1-14(15-10-6-5-7-11-15)16-12-8-9-13-19(16)17(20)21-18(2,3)4/h5-7,10-11,16H,1,8-9,12-13H2,2-4H3/t16-/m1/s1. The summed E-state index contributed by atoms with van der Waals surface area (Å²) in [5, 5.41) is 0. The van der Waals surface area contributed by atoms with Gasteiger partial charge < -0.3 is 9.64 Å². The number of nitrogens with zero attached hydrogens (tertiary/aromatic N) is 1. The molecule has 3 heteroatoms. The van der Waals surface area contributed by atoms with E-state index in [0.717, 1.165) is 36.9 Å². The Balaban J connectivity index is 2.16. The molecule has 0 N–H and O–H groups in total. The summed E-state index contributed by atoms with van der Waals surface area (Å²) >= 11 is 0. The van der Waals surface area contributed by atoms with Crippen LogP contribution in [-0.2, 0) is 4.74 Å². The van der Waals surface area contributed by atoms with Gasteiger partial charge in [0.15, 0.2) is 0 Å². The van der Waals surface area contributed by atoms with Gasteiger partial charge in [-0.05, 0) is 51.2 Å². The predicted molar refractivity (Wildman–Crippen MR) is 86.1 cm³/mol. The minimum absolute atomic E-state index is 0.0380. The summed E-state index contributed by atoms with van der Waals surface area (Å²) in [5.74, 6) is 0. The highest BCUT2D eigenvalue weighted by Crippen LogP contribution is 2.29. The molecule has 0 radical (unpaired) electrons. The average Bonchev–Trinajstić information content (AvgIpc) is 2.45. The summed E-state index contributed by atoms with van der Waals surface area (Å²) in [7, 11) is 0. The summed E-state index contributed by atoms with van der Waals surface area (Å²) in [6.07, 6.45) is 2.87. The van der Waals surface area contributed by atoms with Gasteiger partial charge in [-0.2, -0.15) is 0 Å². The molecule has 1 aromatic rings. The van der Waals surface area contributed by atoms with Crippen LogP contribution in [0.1, 0.15) is 45.6 Å². The zero-order valence-electron chi connectivity index (χ0n) is 13.3. The van der Waals surface area contributed by atoms with Crippen molar-refractivity contribution in [3.63, 3.8) is 0 Å². The number of carbonyl (C=O) groups excluding carboxylic acids is 1. The summed E-state index contributed by atoms with van der Waals surface area (Å²) in [6, 6.07) is 10.1. The van der Waals surface area contributed by atoms with Gasteiger partial charge in [0.05, 0.1) is 6.04 Å². The van der Waals surface area contributed by atoms with Crippen molar-refractivity contribution in [3.8, 4) is 0 Å². The first-order valence-electron chi connectivity index (χ1n) is 7.62. The van der Waals surface area contributed by atoms with Crippen LogP contribution in [-0.4, -0.2) is 29.2 Å². The Morgan fingerprint density at radius 2 is 1.90 bits per heavy atom.